The van der Waals surface area contributed by atoms with Crippen LogP contribution in [0, 0.1) is 11.3 Å². The summed E-state index contributed by atoms with van der Waals surface area (Å²) in [5.74, 6) is 0.220. The number of rotatable bonds is 3. The van der Waals surface area contributed by atoms with Crippen molar-refractivity contribution in [3.63, 3.8) is 0 Å². The largest absolute Gasteiger partial charge is 0.373 e. The molecule has 0 saturated carbocycles. The highest BCUT2D eigenvalue weighted by Crippen LogP contribution is 2.16. The molecule has 2 N–H and O–H groups in total. The minimum Gasteiger partial charge on any atom is -0.373 e. The molecule has 0 aliphatic heterocycles. The molecule has 6 heteroatoms. The molecule has 5 nitrogen and oxygen atoms in total. The molecule has 1 heterocycles. The summed E-state index contributed by atoms with van der Waals surface area (Å²) in [6.07, 6.45) is 0. The molecular weight excluding hydrogens is 276 g/mol. The van der Waals surface area contributed by atoms with Gasteiger partial charge in [0.25, 0.3) is 5.91 Å². The Morgan fingerprint density at radius 1 is 1.30 bits per heavy atom. The van der Waals surface area contributed by atoms with Crippen molar-refractivity contribution >= 4 is 29.0 Å². The minimum atomic E-state index is -0.296. The van der Waals surface area contributed by atoms with E-state index >= 15 is 0 Å². The molecule has 1 amide bonds. The highest BCUT2D eigenvalue weighted by atomic mass is 35.5. The lowest BCUT2D eigenvalue weighted by Crippen LogP contribution is -2.12. The van der Waals surface area contributed by atoms with Crippen LogP contribution in [0.4, 0.5) is 11.5 Å². The predicted molar refractivity (Wildman–Crippen MR) is 77.9 cm³/mol. The van der Waals surface area contributed by atoms with Crippen LogP contribution in [0.5, 0.6) is 0 Å². The average molecular weight is 287 g/mol. The minimum absolute atomic E-state index is 0.238. The lowest BCUT2D eigenvalue weighted by molar-refractivity contribution is 0.102. The van der Waals surface area contributed by atoms with E-state index in [0.29, 0.717) is 22.6 Å². The highest BCUT2D eigenvalue weighted by Gasteiger charge is 2.09. The van der Waals surface area contributed by atoms with Gasteiger partial charge in [0.05, 0.1) is 11.6 Å². The van der Waals surface area contributed by atoms with Crippen LogP contribution in [0.25, 0.3) is 0 Å². The summed E-state index contributed by atoms with van der Waals surface area (Å²) < 4.78 is 0. The number of nitrogens with one attached hydrogen (secondary N) is 2. The number of aromatic nitrogens is 1. The van der Waals surface area contributed by atoms with Gasteiger partial charge in [0.1, 0.15) is 11.0 Å². The number of benzene rings is 1. The van der Waals surface area contributed by atoms with Crippen molar-refractivity contribution in [1.82, 2.24) is 4.98 Å². The molecule has 0 unspecified atom stereocenters. The number of carbonyl (C=O) groups is 1. The van der Waals surface area contributed by atoms with Gasteiger partial charge in [-0.25, -0.2) is 4.98 Å². The normalized spacial score (nSPS) is 9.65. The van der Waals surface area contributed by atoms with E-state index < -0.39 is 0 Å². The maximum Gasteiger partial charge on any atom is 0.255 e. The Labute approximate surface area is 121 Å². The topological polar surface area (TPSA) is 77.8 Å². The molecule has 1 aromatic heterocycles. The van der Waals surface area contributed by atoms with Gasteiger partial charge in [0.15, 0.2) is 0 Å². The Bertz CT molecular complexity index is 677. The van der Waals surface area contributed by atoms with E-state index in [1.807, 2.05) is 6.07 Å². The van der Waals surface area contributed by atoms with E-state index in [4.69, 9.17) is 16.9 Å². The molecular formula is C14H11ClN4O. The van der Waals surface area contributed by atoms with E-state index in [1.165, 1.54) is 6.07 Å². The van der Waals surface area contributed by atoms with Gasteiger partial charge in [-0.15, -0.1) is 0 Å². The van der Waals surface area contributed by atoms with Crippen molar-refractivity contribution < 1.29 is 4.79 Å². The van der Waals surface area contributed by atoms with Gasteiger partial charge in [-0.3, -0.25) is 4.79 Å². The third-order valence-electron chi connectivity index (χ3n) is 2.58. The summed E-state index contributed by atoms with van der Waals surface area (Å²) in [5, 5.41) is 14.5. The predicted octanol–water partition coefficient (Wildman–Crippen LogP) is 2.90. The quantitative estimate of drug-likeness (QED) is 0.851. The monoisotopic (exact) mass is 286 g/mol. The van der Waals surface area contributed by atoms with Crippen molar-refractivity contribution in [2.24, 2.45) is 0 Å². The smallest absolute Gasteiger partial charge is 0.255 e. The van der Waals surface area contributed by atoms with Crippen LogP contribution in [0.1, 0.15) is 15.9 Å². The molecule has 0 spiro atoms. The molecule has 0 saturated heterocycles. The molecule has 0 fully saturated rings. The fourth-order valence-corrected chi connectivity index (χ4v) is 1.80. The fourth-order valence-electron chi connectivity index (χ4n) is 1.59. The second-order valence-electron chi connectivity index (χ2n) is 3.96. The van der Waals surface area contributed by atoms with Gasteiger partial charge in [-0.2, -0.15) is 5.26 Å². The van der Waals surface area contributed by atoms with Crippen molar-refractivity contribution in [3.8, 4) is 6.07 Å². The number of pyridine rings is 1. The SMILES string of the molecule is CNc1cc(C(=O)Nc2ccc(C#N)cc2)cc(Cl)n1. The van der Waals surface area contributed by atoms with Gasteiger partial charge in [-0.05, 0) is 36.4 Å². The van der Waals surface area contributed by atoms with E-state index in [9.17, 15) is 4.79 Å². The summed E-state index contributed by atoms with van der Waals surface area (Å²) in [4.78, 5) is 16.1. The Morgan fingerprint density at radius 3 is 2.60 bits per heavy atom. The zero-order chi connectivity index (χ0) is 14.5. The standard InChI is InChI=1S/C14H11ClN4O/c1-17-13-7-10(6-12(15)19-13)14(20)18-11-4-2-9(8-16)3-5-11/h2-7H,1H3,(H,17,19)(H,18,20). The van der Waals surface area contributed by atoms with Gasteiger partial charge in [-0.1, -0.05) is 11.6 Å². The second-order valence-corrected chi connectivity index (χ2v) is 4.34. The first-order chi connectivity index (χ1) is 9.62. The van der Waals surface area contributed by atoms with Crippen LogP contribution in [0.15, 0.2) is 36.4 Å². The Morgan fingerprint density at radius 2 is 2.00 bits per heavy atom. The van der Waals surface area contributed by atoms with Crippen LogP contribution in [0.2, 0.25) is 5.15 Å². The van der Waals surface area contributed by atoms with Crippen LogP contribution in [0.3, 0.4) is 0 Å². The van der Waals surface area contributed by atoms with Crippen molar-refractivity contribution in [3.05, 3.63) is 52.7 Å². The first kappa shape index (κ1) is 13.8. The molecule has 0 bridgehead atoms. The Kier molecular flexibility index (Phi) is 4.18. The molecule has 0 atom stereocenters. The molecule has 0 aliphatic carbocycles. The van der Waals surface area contributed by atoms with Crippen molar-refractivity contribution in [2.45, 2.75) is 0 Å². The van der Waals surface area contributed by atoms with Gasteiger partial charge in [0, 0.05) is 18.3 Å². The zero-order valence-corrected chi connectivity index (χ0v) is 11.4. The maximum atomic E-state index is 12.1. The lowest BCUT2D eigenvalue weighted by atomic mass is 10.2. The summed E-state index contributed by atoms with van der Waals surface area (Å²) in [7, 11) is 1.70. The number of anilines is 2. The number of nitriles is 1. The first-order valence-electron chi connectivity index (χ1n) is 5.79. The molecule has 20 heavy (non-hydrogen) atoms. The van der Waals surface area contributed by atoms with E-state index in [1.54, 1.807) is 37.4 Å². The fraction of sp³-hybridized carbons (Fsp3) is 0.0714. The molecule has 1 aromatic carbocycles. The molecule has 2 aromatic rings. The van der Waals surface area contributed by atoms with E-state index in [0.717, 1.165) is 0 Å². The number of carbonyl (C=O) groups excluding carboxylic acids is 1. The number of amides is 1. The number of hydrogen-bond donors (Lipinski definition) is 2. The van der Waals surface area contributed by atoms with Crippen LogP contribution < -0.4 is 10.6 Å². The highest BCUT2D eigenvalue weighted by molar-refractivity contribution is 6.30. The van der Waals surface area contributed by atoms with Crippen LogP contribution in [-0.2, 0) is 0 Å². The molecule has 2 rings (SSSR count). The first-order valence-corrected chi connectivity index (χ1v) is 6.17. The maximum absolute atomic E-state index is 12.1. The van der Waals surface area contributed by atoms with Crippen LogP contribution in [-0.4, -0.2) is 17.9 Å². The molecule has 0 radical (unpaired) electrons. The van der Waals surface area contributed by atoms with E-state index in [-0.39, 0.29) is 11.1 Å². The van der Waals surface area contributed by atoms with Crippen molar-refractivity contribution in [2.75, 3.05) is 17.7 Å². The van der Waals surface area contributed by atoms with Gasteiger partial charge < -0.3 is 10.6 Å². The summed E-state index contributed by atoms with van der Waals surface area (Å²) in [5.41, 5.74) is 1.54. The van der Waals surface area contributed by atoms with Crippen molar-refractivity contribution in [1.29, 1.82) is 5.26 Å². The summed E-state index contributed by atoms with van der Waals surface area (Å²) in [6.45, 7) is 0. The molecule has 0 aliphatic rings. The average Bonchev–Trinajstić information content (AvgIpc) is 2.47. The summed E-state index contributed by atoms with van der Waals surface area (Å²) >= 11 is 5.85. The molecule has 100 valence electrons. The lowest BCUT2D eigenvalue weighted by Gasteiger charge is -2.07. The van der Waals surface area contributed by atoms with Gasteiger partial charge >= 0.3 is 0 Å². The zero-order valence-electron chi connectivity index (χ0n) is 10.6. The second kappa shape index (κ2) is 6.04. The number of hydrogen-bond acceptors (Lipinski definition) is 4. The number of nitrogens with zero attached hydrogens (tertiary/aromatic N) is 2. The number of halogens is 1. The summed E-state index contributed by atoms with van der Waals surface area (Å²) in [6, 6.07) is 11.7. The van der Waals surface area contributed by atoms with E-state index in [2.05, 4.69) is 15.6 Å². The Balaban J connectivity index is 2.19. The van der Waals surface area contributed by atoms with Crippen LogP contribution >= 0.6 is 11.6 Å². The third kappa shape index (κ3) is 3.25. The Hall–Kier alpha value is -2.58. The van der Waals surface area contributed by atoms with Gasteiger partial charge in [0.2, 0.25) is 0 Å². The third-order valence-corrected chi connectivity index (χ3v) is 2.78.